The molecule has 27 heavy (non-hydrogen) atoms. The number of aryl methyl sites for hydroxylation is 1. The maximum Gasteiger partial charge on any atom is 0.227 e. The normalized spacial score (nSPS) is 16.4. The second-order valence-corrected chi connectivity index (χ2v) is 7.12. The molecule has 1 saturated heterocycles. The summed E-state index contributed by atoms with van der Waals surface area (Å²) >= 11 is 0. The number of aliphatic hydroxyl groups excluding tert-OH is 2. The highest BCUT2D eigenvalue weighted by molar-refractivity contribution is 5.43. The van der Waals surface area contributed by atoms with Crippen LogP contribution >= 0.6 is 0 Å². The van der Waals surface area contributed by atoms with E-state index >= 15 is 0 Å². The van der Waals surface area contributed by atoms with Crippen molar-refractivity contribution in [2.45, 2.75) is 19.6 Å². The summed E-state index contributed by atoms with van der Waals surface area (Å²) in [6.45, 7) is 6.93. The number of aliphatic hydroxyl groups is 2. The third-order valence-electron chi connectivity index (χ3n) is 5.02. The van der Waals surface area contributed by atoms with Gasteiger partial charge >= 0.3 is 0 Å². The molecule has 0 amide bonds. The van der Waals surface area contributed by atoms with Crippen LogP contribution in [-0.2, 0) is 6.54 Å². The Balaban J connectivity index is 1.58. The van der Waals surface area contributed by atoms with Gasteiger partial charge in [0, 0.05) is 52.5 Å². The van der Waals surface area contributed by atoms with E-state index < -0.39 is 6.10 Å². The van der Waals surface area contributed by atoms with Gasteiger partial charge in [0.1, 0.15) is 5.82 Å². The topological polar surface area (TPSA) is 76.0 Å². The molecule has 0 bridgehead atoms. The Morgan fingerprint density at radius 2 is 1.89 bits per heavy atom. The molecule has 146 valence electrons. The summed E-state index contributed by atoms with van der Waals surface area (Å²) in [5, 5.41) is 18.6. The third-order valence-corrected chi connectivity index (χ3v) is 5.02. The van der Waals surface area contributed by atoms with Crippen molar-refractivity contribution >= 4 is 11.8 Å². The summed E-state index contributed by atoms with van der Waals surface area (Å²) in [5.41, 5.74) is 2.72. The van der Waals surface area contributed by atoms with Gasteiger partial charge in [0.25, 0.3) is 0 Å². The van der Waals surface area contributed by atoms with E-state index in [0.29, 0.717) is 12.5 Å². The lowest BCUT2D eigenvalue weighted by Crippen LogP contribution is -2.46. The predicted octanol–water partition coefficient (Wildman–Crippen LogP) is 0.897. The molecule has 7 nitrogen and oxygen atoms in total. The molecule has 0 radical (unpaired) electrons. The van der Waals surface area contributed by atoms with Crippen LogP contribution in [0.5, 0.6) is 0 Å². The van der Waals surface area contributed by atoms with Crippen LogP contribution in [0.1, 0.15) is 11.1 Å². The van der Waals surface area contributed by atoms with Crippen molar-refractivity contribution in [3.63, 3.8) is 0 Å². The van der Waals surface area contributed by atoms with E-state index in [0.717, 1.165) is 38.5 Å². The SMILES string of the molecule is Cc1ccccc1CN1CCN(c2nccc(N(C)C[C@@H](O)CO)n2)CC1. The van der Waals surface area contributed by atoms with Crippen LogP contribution in [0.2, 0.25) is 0 Å². The second-order valence-electron chi connectivity index (χ2n) is 7.12. The minimum Gasteiger partial charge on any atom is -0.394 e. The summed E-state index contributed by atoms with van der Waals surface area (Å²) in [6.07, 6.45) is 0.970. The number of hydrogen-bond donors (Lipinski definition) is 2. The zero-order valence-corrected chi connectivity index (χ0v) is 16.1. The van der Waals surface area contributed by atoms with Gasteiger partial charge in [0.2, 0.25) is 5.95 Å². The molecule has 1 aliphatic rings. The highest BCUT2D eigenvalue weighted by Gasteiger charge is 2.20. The van der Waals surface area contributed by atoms with Crippen molar-refractivity contribution in [2.24, 2.45) is 0 Å². The lowest BCUT2D eigenvalue weighted by molar-refractivity contribution is 0.101. The molecule has 0 spiro atoms. The first kappa shape index (κ1) is 19.5. The van der Waals surface area contributed by atoms with E-state index in [-0.39, 0.29) is 6.61 Å². The molecule has 1 aromatic carbocycles. The Bertz CT molecular complexity index is 734. The van der Waals surface area contributed by atoms with Gasteiger partial charge in [-0.15, -0.1) is 0 Å². The van der Waals surface area contributed by atoms with Crippen molar-refractivity contribution in [3.05, 3.63) is 47.7 Å². The van der Waals surface area contributed by atoms with Gasteiger partial charge < -0.3 is 20.0 Å². The lowest BCUT2D eigenvalue weighted by atomic mass is 10.1. The molecule has 1 fully saturated rings. The molecular weight excluding hydrogens is 342 g/mol. The van der Waals surface area contributed by atoms with E-state index in [2.05, 4.69) is 51.0 Å². The zero-order valence-electron chi connectivity index (χ0n) is 16.1. The van der Waals surface area contributed by atoms with Crippen LogP contribution < -0.4 is 9.80 Å². The van der Waals surface area contributed by atoms with Crippen LogP contribution in [0.25, 0.3) is 0 Å². The van der Waals surface area contributed by atoms with Crippen LogP contribution in [-0.4, -0.2) is 77.6 Å². The first-order valence-electron chi connectivity index (χ1n) is 9.41. The fraction of sp³-hybridized carbons (Fsp3) is 0.500. The third kappa shape index (κ3) is 5.15. The van der Waals surface area contributed by atoms with Gasteiger partial charge in [-0.3, -0.25) is 4.90 Å². The molecule has 2 aromatic rings. The van der Waals surface area contributed by atoms with Gasteiger partial charge in [-0.2, -0.15) is 4.98 Å². The zero-order chi connectivity index (χ0) is 19.2. The quantitative estimate of drug-likeness (QED) is 0.749. The monoisotopic (exact) mass is 371 g/mol. The molecule has 1 aromatic heterocycles. The first-order valence-corrected chi connectivity index (χ1v) is 9.41. The molecule has 2 heterocycles. The van der Waals surface area contributed by atoms with Gasteiger partial charge in [0.05, 0.1) is 12.7 Å². The van der Waals surface area contributed by atoms with E-state index in [4.69, 9.17) is 5.11 Å². The number of aromatic nitrogens is 2. The Morgan fingerprint density at radius 3 is 2.59 bits per heavy atom. The van der Waals surface area contributed by atoms with Crippen LogP contribution in [0.15, 0.2) is 36.5 Å². The number of likely N-dealkylation sites (N-methyl/N-ethyl adjacent to an activating group) is 1. The van der Waals surface area contributed by atoms with Crippen molar-refractivity contribution in [2.75, 3.05) is 56.2 Å². The number of benzene rings is 1. The van der Waals surface area contributed by atoms with Crippen LogP contribution in [0.4, 0.5) is 11.8 Å². The van der Waals surface area contributed by atoms with E-state index in [1.807, 2.05) is 18.0 Å². The minimum atomic E-state index is -0.779. The predicted molar refractivity (Wildman–Crippen MR) is 107 cm³/mol. The standard InChI is InChI=1S/C20H29N5O2/c1-16-5-3-4-6-17(16)13-24-9-11-25(12-10-24)20-21-8-7-19(22-20)23(2)14-18(27)15-26/h3-8,18,26-27H,9-15H2,1-2H3/t18-/m1/s1. The van der Waals surface area contributed by atoms with Gasteiger partial charge in [-0.05, 0) is 24.1 Å². The lowest BCUT2D eigenvalue weighted by Gasteiger charge is -2.35. The Morgan fingerprint density at radius 1 is 1.15 bits per heavy atom. The van der Waals surface area contributed by atoms with Crippen LogP contribution in [0, 0.1) is 6.92 Å². The summed E-state index contributed by atoms with van der Waals surface area (Å²) in [5.74, 6) is 1.46. The van der Waals surface area contributed by atoms with Gasteiger partial charge in [-0.25, -0.2) is 4.98 Å². The molecule has 1 atom stereocenters. The maximum atomic E-state index is 9.63. The van der Waals surface area contributed by atoms with E-state index in [1.54, 1.807) is 6.20 Å². The number of hydrogen-bond acceptors (Lipinski definition) is 7. The summed E-state index contributed by atoms with van der Waals surface area (Å²) in [7, 11) is 1.85. The Hall–Kier alpha value is -2.22. The van der Waals surface area contributed by atoms with Crippen molar-refractivity contribution in [1.82, 2.24) is 14.9 Å². The van der Waals surface area contributed by atoms with Crippen molar-refractivity contribution in [3.8, 4) is 0 Å². The highest BCUT2D eigenvalue weighted by atomic mass is 16.3. The summed E-state index contributed by atoms with van der Waals surface area (Å²) in [6, 6.07) is 10.4. The fourth-order valence-electron chi connectivity index (χ4n) is 3.31. The summed E-state index contributed by atoms with van der Waals surface area (Å²) < 4.78 is 0. The average molecular weight is 371 g/mol. The van der Waals surface area contributed by atoms with Crippen molar-refractivity contribution < 1.29 is 10.2 Å². The van der Waals surface area contributed by atoms with E-state index in [9.17, 15) is 5.11 Å². The summed E-state index contributed by atoms with van der Waals surface area (Å²) in [4.78, 5) is 15.6. The van der Waals surface area contributed by atoms with E-state index in [1.165, 1.54) is 11.1 Å². The molecule has 0 aliphatic carbocycles. The number of rotatable bonds is 7. The Kier molecular flexibility index (Phi) is 6.60. The molecule has 0 unspecified atom stereocenters. The minimum absolute atomic E-state index is 0.259. The van der Waals surface area contributed by atoms with Gasteiger partial charge in [-0.1, -0.05) is 24.3 Å². The fourth-order valence-corrected chi connectivity index (χ4v) is 3.31. The molecule has 1 aliphatic heterocycles. The average Bonchev–Trinajstić information content (AvgIpc) is 2.70. The Labute approximate surface area is 160 Å². The maximum absolute atomic E-state index is 9.63. The largest absolute Gasteiger partial charge is 0.394 e. The second kappa shape index (κ2) is 9.12. The molecule has 0 saturated carbocycles. The molecule has 2 N–H and O–H groups in total. The van der Waals surface area contributed by atoms with Crippen molar-refractivity contribution in [1.29, 1.82) is 0 Å². The highest BCUT2D eigenvalue weighted by Crippen LogP contribution is 2.17. The molecule has 3 rings (SSSR count). The first-order chi connectivity index (χ1) is 13.1. The smallest absolute Gasteiger partial charge is 0.227 e. The van der Waals surface area contributed by atoms with Crippen LogP contribution in [0.3, 0.4) is 0 Å². The number of piperazine rings is 1. The molecular formula is C20H29N5O2. The molecule has 7 heteroatoms. The number of nitrogens with zero attached hydrogens (tertiary/aromatic N) is 5. The number of anilines is 2. The van der Waals surface area contributed by atoms with Gasteiger partial charge in [0.15, 0.2) is 0 Å².